The Morgan fingerprint density at radius 1 is 1.19 bits per heavy atom. The summed E-state index contributed by atoms with van der Waals surface area (Å²) < 4.78 is 11.0. The van der Waals surface area contributed by atoms with Gasteiger partial charge in [0.25, 0.3) is 5.91 Å². The van der Waals surface area contributed by atoms with E-state index in [1.165, 1.54) is 6.42 Å². The van der Waals surface area contributed by atoms with Crippen LogP contribution in [0.25, 0.3) is 0 Å². The van der Waals surface area contributed by atoms with Gasteiger partial charge < -0.3 is 14.4 Å². The summed E-state index contributed by atoms with van der Waals surface area (Å²) in [5, 5.41) is 0. The van der Waals surface area contributed by atoms with Crippen molar-refractivity contribution in [1.82, 2.24) is 9.80 Å². The zero-order valence-electron chi connectivity index (χ0n) is 16.1. The number of amides is 1. The Hall–Kier alpha value is -1.85. The topological polar surface area (TPSA) is 42.0 Å². The molecule has 5 heteroatoms. The molecular formula is C22H30N2O3. The van der Waals surface area contributed by atoms with E-state index >= 15 is 0 Å². The molecular weight excluding hydrogens is 340 g/mol. The van der Waals surface area contributed by atoms with Crippen molar-refractivity contribution in [1.29, 1.82) is 0 Å². The molecule has 3 aliphatic rings. The number of nitrogens with zero attached hydrogens (tertiary/aromatic N) is 2. The van der Waals surface area contributed by atoms with Crippen LogP contribution in [0.5, 0.6) is 5.75 Å². The fraction of sp³-hybridized carbons (Fsp3) is 0.591. The molecule has 2 aliphatic heterocycles. The maximum absolute atomic E-state index is 13.3. The van der Waals surface area contributed by atoms with E-state index in [4.69, 9.17) is 9.47 Å². The lowest BCUT2D eigenvalue weighted by molar-refractivity contribution is 0.0315. The summed E-state index contributed by atoms with van der Waals surface area (Å²) >= 11 is 0. The second-order valence-corrected chi connectivity index (χ2v) is 7.78. The number of morpholine rings is 1. The average Bonchev–Trinajstić information content (AvgIpc) is 3.20. The Kier molecular flexibility index (Phi) is 6.10. The summed E-state index contributed by atoms with van der Waals surface area (Å²) in [5.74, 6) is 1.66. The van der Waals surface area contributed by atoms with Crippen LogP contribution in [0.3, 0.4) is 0 Å². The summed E-state index contributed by atoms with van der Waals surface area (Å²) in [7, 11) is 0. The van der Waals surface area contributed by atoms with Gasteiger partial charge in [-0.3, -0.25) is 9.69 Å². The van der Waals surface area contributed by atoms with Crippen LogP contribution in [-0.2, 0) is 11.2 Å². The SMILES string of the molecule is O=C(c1ccc2c(c1)CCO2)N(CCN1CCOCC1)CC1CC=CCC1. The van der Waals surface area contributed by atoms with E-state index in [2.05, 4.69) is 22.0 Å². The molecule has 1 aromatic carbocycles. The molecule has 4 rings (SSSR count). The van der Waals surface area contributed by atoms with Crippen LogP contribution in [0.4, 0.5) is 0 Å². The van der Waals surface area contributed by atoms with Crippen LogP contribution >= 0.6 is 0 Å². The standard InChI is InChI=1S/C22H30N2O3/c25-22(20-6-7-21-19(16-20)8-13-27-21)24(17-18-4-2-1-3-5-18)10-9-23-11-14-26-15-12-23/h1-2,6-7,16,18H,3-5,8-15,17H2. The van der Waals surface area contributed by atoms with Crippen LogP contribution in [0.15, 0.2) is 30.4 Å². The molecule has 0 radical (unpaired) electrons. The van der Waals surface area contributed by atoms with Gasteiger partial charge in [-0.25, -0.2) is 0 Å². The number of rotatable bonds is 6. The molecule has 0 saturated carbocycles. The van der Waals surface area contributed by atoms with Crippen molar-refractivity contribution in [2.24, 2.45) is 5.92 Å². The van der Waals surface area contributed by atoms with Gasteiger partial charge in [0.2, 0.25) is 0 Å². The van der Waals surface area contributed by atoms with E-state index in [-0.39, 0.29) is 5.91 Å². The highest BCUT2D eigenvalue weighted by Crippen LogP contribution is 2.27. The lowest BCUT2D eigenvalue weighted by Gasteiger charge is -2.32. The lowest BCUT2D eigenvalue weighted by Crippen LogP contribution is -2.44. The first-order valence-corrected chi connectivity index (χ1v) is 10.3. The molecule has 2 heterocycles. The van der Waals surface area contributed by atoms with E-state index in [1.54, 1.807) is 0 Å². The predicted octanol–water partition coefficient (Wildman–Crippen LogP) is 2.75. The third-order valence-corrected chi connectivity index (χ3v) is 5.87. The molecule has 146 valence electrons. The molecule has 1 fully saturated rings. The minimum Gasteiger partial charge on any atom is -0.493 e. The Labute approximate surface area is 161 Å². The van der Waals surface area contributed by atoms with Crippen molar-refractivity contribution in [3.05, 3.63) is 41.5 Å². The first kappa shape index (κ1) is 18.5. The van der Waals surface area contributed by atoms with Crippen molar-refractivity contribution in [2.45, 2.75) is 25.7 Å². The van der Waals surface area contributed by atoms with Crippen molar-refractivity contribution in [2.75, 3.05) is 52.5 Å². The van der Waals surface area contributed by atoms with Gasteiger partial charge in [-0.2, -0.15) is 0 Å². The fourth-order valence-electron chi connectivity index (χ4n) is 4.20. The molecule has 0 aromatic heterocycles. The number of benzene rings is 1. The van der Waals surface area contributed by atoms with Crippen molar-refractivity contribution in [3.63, 3.8) is 0 Å². The lowest BCUT2D eigenvalue weighted by atomic mass is 9.93. The molecule has 5 nitrogen and oxygen atoms in total. The molecule has 0 spiro atoms. The Morgan fingerprint density at radius 2 is 2.07 bits per heavy atom. The maximum Gasteiger partial charge on any atom is 0.253 e. The van der Waals surface area contributed by atoms with Crippen LogP contribution in [0.2, 0.25) is 0 Å². The minimum absolute atomic E-state index is 0.160. The summed E-state index contributed by atoms with van der Waals surface area (Å²) in [6.45, 7) is 6.80. The number of allylic oxidation sites excluding steroid dienone is 2. The molecule has 1 atom stereocenters. The summed E-state index contributed by atoms with van der Waals surface area (Å²) in [6, 6.07) is 5.92. The highest BCUT2D eigenvalue weighted by Gasteiger charge is 2.23. The van der Waals surface area contributed by atoms with Gasteiger partial charge in [0.15, 0.2) is 0 Å². The Balaban J connectivity index is 1.45. The Bertz CT molecular complexity index is 682. The number of hydrogen-bond donors (Lipinski definition) is 0. The second-order valence-electron chi connectivity index (χ2n) is 7.78. The van der Waals surface area contributed by atoms with Gasteiger partial charge >= 0.3 is 0 Å². The zero-order chi connectivity index (χ0) is 18.5. The number of ether oxygens (including phenoxy) is 2. The van der Waals surface area contributed by atoms with Crippen molar-refractivity contribution >= 4 is 5.91 Å². The van der Waals surface area contributed by atoms with E-state index in [0.29, 0.717) is 5.92 Å². The summed E-state index contributed by atoms with van der Waals surface area (Å²) in [6.07, 6.45) is 8.82. The van der Waals surface area contributed by atoms with Crippen LogP contribution < -0.4 is 4.74 Å². The first-order valence-electron chi connectivity index (χ1n) is 10.3. The maximum atomic E-state index is 13.3. The Morgan fingerprint density at radius 3 is 2.89 bits per heavy atom. The number of carbonyl (C=O) groups is 1. The minimum atomic E-state index is 0.160. The largest absolute Gasteiger partial charge is 0.493 e. The van der Waals surface area contributed by atoms with E-state index in [1.807, 2.05) is 18.2 Å². The molecule has 1 unspecified atom stereocenters. The smallest absolute Gasteiger partial charge is 0.253 e. The van der Waals surface area contributed by atoms with Gasteiger partial charge in [-0.15, -0.1) is 0 Å². The summed E-state index contributed by atoms with van der Waals surface area (Å²) in [5.41, 5.74) is 1.96. The van der Waals surface area contributed by atoms with Crippen molar-refractivity contribution in [3.8, 4) is 5.75 Å². The average molecular weight is 370 g/mol. The molecule has 1 aliphatic carbocycles. The zero-order valence-corrected chi connectivity index (χ0v) is 16.1. The van der Waals surface area contributed by atoms with Crippen LogP contribution in [0.1, 0.15) is 35.2 Å². The molecule has 1 aromatic rings. The third kappa shape index (κ3) is 4.71. The summed E-state index contributed by atoms with van der Waals surface area (Å²) in [4.78, 5) is 17.8. The van der Waals surface area contributed by atoms with Gasteiger partial charge in [0.1, 0.15) is 5.75 Å². The first-order chi connectivity index (χ1) is 13.3. The molecule has 27 heavy (non-hydrogen) atoms. The normalized spacial score (nSPS) is 22.3. The predicted molar refractivity (Wildman–Crippen MR) is 105 cm³/mol. The van der Waals surface area contributed by atoms with Gasteiger partial charge in [0.05, 0.1) is 19.8 Å². The van der Waals surface area contributed by atoms with E-state index in [0.717, 1.165) is 88.7 Å². The van der Waals surface area contributed by atoms with Gasteiger partial charge in [-0.1, -0.05) is 12.2 Å². The highest BCUT2D eigenvalue weighted by atomic mass is 16.5. The highest BCUT2D eigenvalue weighted by molar-refractivity contribution is 5.94. The van der Waals surface area contributed by atoms with Gasteiger partial charge in [-0.05, 0) is 48.9 Å². The molecule has 1 saturated heterocycles. The van der Waals surface area contributed by atoms with Gasteiger partial charge in [0, 0.05) is 44.7 Å². The number of hydrogen-bond acceptors (Lipinski definition) is 4. The molecule has 1 amide bonds. The fourth-order valence-corrected chi connectivity index (χ4v) is 4.20. The monoisotopic (exact) mass is 370 g/mol. The third-order valence-electron chi connectivity index (χ3n) is 5.87. The van der Waals surface area contributed by atoms with E-state index in [9.17, 15) is 4.79 Å². The molecule has 0 bridgehead atoms. The molecule has 0 N–H and O–H groups in total. The van der Waals surface area contributed by atoms with Crippen LogP contribution in [0, 0.1) is 5.92 Å². The number of carbonyl (C=O) groups excluding carboxylic acids is 1. The number of fused-ring (bicyclic) bond motifs is 1. The quantitative estimate of drug-likeness (QED) is 0.722. The van der Waals surface area contributed by atoms with Crippen molar-refractivity contribution < 1.29 is 14.3 Å². The second kappa shape index (κ2) is 8.89. The van der Waals surface area contributed by atoms with E-state index < -0.39 is 0 Å². The van der Waals surface area contributed by atoms with Crippen LogP contribution in [-0.4, -0.2) is 68.3 Å².